The number of rotatable bonds is 4. The van der Waals surface area contributed by atoms with Gasteiger partial charge in [-0.05, 0) is 37.1 Å². The molecule has 1 aromatic heterocycles. The number of halogens is 2. The van der Waals surface area contributed by atoms with E-state index in [1.165, 1.54) is 4.57 Å². The van der Waals surface area contributed by atoms with Crippen molar-refractivity contribution in [3.63, 3.8) is 0 Å². The van der Waals surface area contributed by atoms with Gasteiger partial charge in [-0.25, -0.2) is 8.42 Å². The lowest BCUT2D eigenvalue weighted by Gasteiger charge is -2.09. The minimum absolute atomic E-state index is 0.231. The summed E-state index contributed by atoms with van der Waals surface area (Å²) >= 11 is 5.92. The molecule has 5 nitrogen and oxygen atoms in total. The van der Waals surface area contributed by atoms with Crippen LogP contribution in [0.1, 0.15) is 18.9 Å². The van der Waals surface area contributed by atoms with E-state index in [0.717, 1.165) is 17.5 Å². The Bertz CT molecular complexity index is 741. The van der Waals surface area contributed by atoms with Crippen molar-refractivity contribution in [3.05, 3.63) is 28.8 Å². The molecule has 108 valence electrons. The van der Waals surface area contributed by atoms with Crippen LogP contribution in [0.3, 0.4) is 0 Å². The highest BCUT2D eigenvalue weighted by Gasteiger charge is 2.23. The molecule has 0 amide bonds. The summed E-state index contributed by atoms with van der Waals surface area (Å²) in [7, 11) is 1.46. The van der Waals surface area contributed by atoms with Crippen LogP contribution in [0.2, 0.25) is 5.02 Å². The molecule has 0 saturated heterocycles. The normalized spacial score (nSPS) is 11.8. The molecule has 1 heterocycles. The van der Waals surface area contributed by atoms with E-state index < -0.39 is 9.05 Å². The predicted octanol–water partition coefficient (Wildman–Crippen LogP) is 3.24. The van der Waals surface area contributed by atoms with Crippen LogP contribution in [-0.4, -0.2) is 23.2 Å². The molecule has 1 aromatic carbocycles. The van der Waals surface area contributed by atoms with Gasteiger partial charge in [-0.2, -0.15) is 0 Å². The Hall–Kier alpha value is -1.11. The van der Waals surface area contributed by atoms with Gasteiger partial charge in [0, 0.05) is 27.8 Å². The minimum Gasteiger partial charge on any atom is -0.297 e. The summed E-state index contributed by atoms with van der Waals surface area (Å²) in [5, 5.41) is 8.05. The summed E-state index contributed by atoms with van der Waals surface area (Å²) in [4.78, 5) is 0. The molecule has 0 spiro atoms. The van der Waals surface area contributed by atoms with Gasteiger partial charge in [0.2, 0.25) is 0 Å². The fourth-order valence-electron chi connectivity index (χ4n) is 1.97. The second kappa shape index (κ2) is 5.71. The predicted molar refractivity (Wildman–Crippen MR) is 78.5 cm³/mol. The summed E-state index contributed by atoms with van der Waals surface area (Å²) < 4.78 is 24.6. The van der Waals surface area contributed by atoms with Gasteiger partial charge in [0.15, 0.2) is 5.82 Å². The molecule has 0 aliphatic heterocycles. The molecule has 0 saturated carbocycles. The lowest BCUT2D eigenvalue weighted by atomic mass is 10.1. The van der Waals surface area contributed by atoms with E-state index in [1.54, 1.807) is 18.2 Å². The Morgan fingerprint density at radius 3 is 2.55 bits per heavy atom. The van der Waals surface area contributed by atoms with Crippen molar-refractivity contribution < 1.29 is 8.42 Å². The summed E-state index contributed by atoms with van der Waals surface area (Å²) in [6.45, 7) is 4.27. The third-order valence-electron chi connectivity index (χ3n) is 2.81. The second-order valence-corrected chi connectivity index (χ2v) is 7.25. The molecule has 0 radical (unpaired) electrons. The van der Waals surface area contributed by atoms with Crippen LogP contribution in [0.15, 0.2) is 23.4 Å². The smallest absolute Gasteiger partial charge is 0.296 e. The molecule has 0 bridgehead atoms. The maximum Gasteiger partial charge on any atom is 0.296 e. The topological polar surface area (TPSA) is 64.8 Å². The first kappa shape index (κ1) is 15.3. The zero-order valence-corrected chi connectivity index (χ0v) is 13.3. The number of nitrogens with zero attached hydrogens (tertiary/aromatic N) is 3. The number of aromatic nitrogens is 3. The Balaban J connectivity index is 2.66. The summed E-state index contributed by atoms with van der Waals surface area (Å²) in [6, 6.07) is 5.30. The average Bonchev–Trinajstić information content (AvgIpc) is 2.73. The van der Waals surface area contributed by atoms with Crippen molar-refractivity contribution in [2.45, 2.75) is 32.0 Å². The van der Waals surface area contributed by atoms with Gasteiger partial charge in [0.05, 0.1) is 0 Å². The molecule has 20 heavy (non-hydrogen) atoms. The molecule has 0 fully saturated rings. The lowest BCUT2D eigenvalue weighted by Crippen LogP contribution is -2.08. The van der Waals surface area contributed by atoms with Gasteiger partial charge >= 0.3 is 0 Å². The van der Waals surface area contributed by atoms with Gasteiger partial charge in [-0.15, -0.1) is 10.2 Å². The molecule has 2 rings (SSSR count). The summed E-state index contributed by atoms with van der Waals surface area (Å²) in [5.74, 6) is 0.472. The molecule has 0 aliphatic rings. The quantitative estimate of drug-likeness (QED) is 0.805. The van der Waals surface area contributed by atoms with Crippen LogP contribution in [0, 0.1) is 6.92 Å². The minimum atomic E-state index is -3.93. The molecule has 0 N–H and O–H groups in total. The van der Waals surface area contributed by atoms with E-state index in [-0.39, 0.29) is 5.16 Å². The fraction of sp³-hybridized carbons (Fsp3) is 0.333. The molecule has 0 unspecified atom stereocenters. The zero-order valence-electron chi connectivity index (χ0n) is 11.0. The van der Waals surface area contributed by atoms with Gasteiger partial charge in [0.25, 0.3) is 14.2 Å². The first-order valence-electron chi connectivity index (χ1n) is 5.99. The van der Waals surface area contributed by atoms with Crippen LogP contribution >= 0.6 is 22.3 Å². The van der Waals surface area contributed by atoms with Gasteiger partial charge in [0.1, 0.15) is 0 Å². The SMILES string of the molecule is CCCn1c(-c2ccc(Cl)cc2C)nnc1S(=O)(=O)Cl. The van der Waals surface area contributed by atoms with Crippen LogP contribution < -0.4 is 0 Å². The second-order valence-electron chi connectivity index (χ2n) is 4.35. The van der Waals surface area contributed by atoms with Crippen LogP contribution in [0.5, 0.6) is 0 Å². The van der Waals surface area contributed by atoms with E-state index in [1.807, 2.05) is 13.8 Å². The molecule has 8 heteroatoms. The van der Waals surface area contributed by atoms with Gasteiger partial charge < -0.3 is 0 Å². The van der Waals surface area contributed by atoms with Crippen LogP contribution in [-0.2, 0) is 15.6 Å². The third kappa shape index (κ3) is 2.97. The van der Waals surface area contributed by atoms with E-state index in [9.17, 15) is 8.42 Å². The third-order valence-corrected chi connectivity index (χ3v) is 4.20. The first-order chi connectivity index (χ1) is 9.34. The van der Waals surface area contributed by atoms with Crippen molar-refractivity contribution >= 4 is 31.3 Å². The Labute approximate surface area is 127 Å². The molecule has 2 aromatic rings. The summed E-state index contributed by atoms with van der Waals surface area (Å²) in [6.07, 6.45) is 0.733. The van der Waals surface area contributed by atoms with Crippen LogP contribution in [0.4, 0.5) is 0 Å². The standard InChI is InChI=1S/C12H13Cl2N3O2S/c1-3-6-17-11(15-16-12(17)20(14,18)19)10-5-4-9(13)7-8(10)2/h4-5,7H,3,6H2,1-2H3. The number of benzene rings is 1. The van der Waals surface area contributed by atoms with Gasteiger partial charge in [-0.1, -0.05) is 18.5 Å². The van der Waals surface area contributed by atoms with E-state index in [2.05, 4.69) is 10.2 Å². The monoisotopic (exact) mass is 333 g/mol. The molecule has 0 aliphatic carbocycles. The maximum absolute atomic E-state index is 11.5. The fourth-order valence-corrected chi connectivity index (χ4v) is 3.12. The average molecular weight is 334 g/mol. The van der Waals surface area contributed by atoms with Crippen molar-refractivity contribution in [2.75, 3.05) is 0 Å². The van der Waals surface area contributed by atoms with Crippen molar-refractivity contribution in [1.29, 1.82) is 0 Å². The largest absolute Gasteiger partial charge is 0.297 e. The number of hydrogen-bond donors (Lipinski definition) is 0. The van der Waals surface area contributed by atoms with Crippen molar-refractivity contribution in [3.8, 4) is 11.4 Å². The Kier molecular flexibility index (Phi) is 4.36. The van der Waals surface area contributed by atoms with E-state index >= 15 is 0 Å². The molecular weight excluding hydrogens is 321 g/mol. The Morgan fingerprint density at radius 2 is 2.00 bits per heavy atom. The number of aryl methyl sites for hydroxylation is 1. The van der Waals surface area contributed by atoms with Crippen molar-refractivity contribution in [2.24, 2.45) is 0 Å². The van der Waals surface area contributed by atoms with E-state index in [0.29, 0.717) is 17.4 Å². The molecule has 0 atom stereocenters. The number of hydrogen-bond acceptors (Lipinski definition) is 4. The first-order valence-corrected chi connectivity index (χ1v) is 8.67. The highest BCUT2D eigenvalue weighted by molar-refractivity contribution is 8.13. The van der Waals surface area contributed by atoms with Gasteiger partial charge in [-0.3, -0.25) is 4.57 Å². The Morgan fingerprint density at radius 1 is 1.30 bits per heavy atom. The highest BCUT2D eigenvalue weighted by atomic mass is 35.7. The maximum atomic E-state index is 11.5. The van der Waals surface area contributed by atoms with Crippen molar-refractivity contribution in [1.82, 2.24) is 14.8 Å². The van der Waals surface area contributed by atoms with Crippen LogP contribution in [0.25, 0.3) is 11.4 Å². The highest BCUT2D eigenvalue weighted by Crippen LogP contribution is 2.27. The zero-order chi connectivity index (χ0) is 14.9. The lowest BCUT2D eigenvalue weighted by molar-refractivity contribution is 0.570. The summed E-state index contributed by atoms with van der Waals surface area (Å²) in [5.41, 5.74) is 1.67. The van der Waals surface area contributed by atoms with E-state index in [4.69, 9.17) is 22.3 Å². The molecular formula is C12H13Cl2N3O2S.